The van der Waals surface area contributed by atoms with E-state index >= 15 is 0 Å². The van der Waals surface area contributed by atoms with E-state index in [-0.39, 0.29) is 5.91 Å². The number of aromatic nitrogens is 4. The van der Waals surface area contributed by atoms with Gasteiger partial charge in [0.15, 0.2) is 0 Å². The van der Waals surface area contributed by atoms with Crippen molar-refractivity contribution in [3.63, 3.8) is 0 Å². The summed E-state index contributed by atoms with van der Waals surface area (Å²) in [6.07, 6.45) is 5.83. The van der Waals surface area contributed by atoms with Crippen molar-refractivity contribution < 1.29 is 4.79 Å². The molecule has 0 unspecified atom stereocenters. The van der Waals surface area contributed by atoms with Gasteiger partial charge in [-0.3, -0.25) is 19.4 Å². The third kappa shape index (κ3) is 3.58. The summed E-state index contributed by atoms with van der Waals surface area (Å²) in [5.41, 5.74) is 13.8. The van der Waals surface area contributed by atoms with E-state index in [0.717, 1.165) is 70.5 Å². The predicted octanol–water partition coefficient (Wildman–Crippen LogP) is 4.09. The van der Waals surface area contributed by atoms with Crippen LogP contribution < -0.4 is 5.73 Å². The molecule has 0 atom stereocenters. The van der Waals surface area contributed by atoms with Gasteiger partial charge in [-0.1, -0.05) is 25.1 Å². The molecule has 1 aliphatic rings. The first-order valence-corrected chi connectivity index (χ1v) is 10.9. The zero-order valence-corrected chi connectivity index (χ0v) is 17.6. The molecule has 0 saturated heterocycles. The Hall–Kier alpha value is -3.54. The van der Waals surface area contributed by atoms with Crippen LogP contribution in [0.4, 0.5) is 0 Å². The largest absolute Gasteiger partial charge is 0.370 e. The fourth-order valence-electron chi connectivity index (χ4n) is 4.44. The van der Waals surface area contributed by atoms with E-state index in [9.17, 15) is 4.79 Å². The van der Waals surface area contributed by atoms with Crippen molar-refractivity contribution in [2.75, 3.05) is 0 Å². The van der Waals surface area contributed by atoms with Crippen LogP contribution in [0.5, 0.6) is 0 Å². The van der Waals surface area contributed by atoms with Crippen LogP contribution in [0.2, 0.25) is 0 Å². The van der Waals surface area contributed by atoms with Crippen LogP contribution in [0.3, 0.4) is 0 Å². The summed E-state index contributed by atoms with van der Waals surface area (Å²) >= 11 is 0. The summed E-state index contributed by atoms with van der Waals surface area (Å²) in [7, 11) is 0. The summed E-state index contributed by atoms with van der Waals surface area (Å²) in [5, 5.41) is 6.05. The second-order valence-corrected chi connectivity index (χ2v) is 8.04. The molecule has 4 heterocycles. The summed E-state index contributed by atoms with van der Waals surface area (Å²) in [6, 6.07) is 14.5. The number of carbonyl (C=O) groups excluding carboxylic acids is 1. The smallest absolute Gasteiger partial charge is 0.217 e. The molecule has 31 heavy (non-hydrogen) atoms. The number of hydrogen-bond donors (Lipinski definition) is 1. The van der Waals surface area contributed by atoms with Crippen LogP contribution in [0, 0.1) is 0 Å². The second-order valence-electron chi connectivity index (χ2n) is 8.04. The first kappa shape index (κ1) is 19.4. The van der Waals surface area contributed by atoms with Crippen LogP contribution in [0.15, 0.2) is 48.7 Å². The molecule has 1 aromatic carbocycles. The summed E-state index contributed by atoms with van der Waals surface area (Å²) < 4.78 is 2.14. The number of rotatable bonds is 6. The van der Waals surface area contributed by atoms with E-state index in [1.165, 1.54) is 5.69 Å². The van der Waals surface area contributed by atoms with E-state index in [4.69, 9.17) is 15.8 Å². The first-order chi connectivity index (χ1) is 15.1. The Morgan fingerprint density at radius 2 is 2.10 bits per heavy atom. The van der Waals surface area contributed by atoms with Gasteiger partial charge in [0.25, 0.3) is 0 Å². The van der Waals surface area contributed by atoms with Crippen LogP contribution >= 0.6 is 0 Å². The van der Waals surface area contributed by atoms with E-state index in [2.05, 4.69) is 53.0 Å². The molecule has 1 aliphatic heterocycles. The fourth-order valence-corrected chi connectivity index (χ4v) is 4.44. The molecule has 156 valence electrons. The number of benzene rings is 1. The summed E-state index contributed by atoms with van der Waals surface area (Å²) in [6.45, 7) is 3.06. The van der Waals surface area contributed by atoms with Gasteiger partial charge in [0.05, 0.1) is 11.2 Å². The first-order valence-electron chi connectivity index (χ1n) is 10.9. The minimum Gasteiger partial charge on any atom is -0.370 e. The Morgan fingerprint density at radius 3 is 2.94 bits per heavy atom. The normalized spacial score (nSPS) is 12.9. The van der Waals surface area contributed by atoms with Crippen molar-refractivity contribution in [2.45, 2.75) is 45.6 Å². The third-order valence-electron chi connectivity index (χ3n) is 5.99. The number of primary amides is 1. The Kier molecular flexibility index (Phi) is 4.98. The number of amides is 1. The lowest BCUT2D eigenvalue weighted by atomic mass is 9.95. The fraction of sp³-hybridized carbons (Fsp3) is 0.280. The molecule has 6 nitrogen and oxygen atoms in total. The van der Waals surface area contributed by atoms with E-state index in [1.54, 1.807) is 0 Å². The Balaban J connectivity index is 1.67. The molecule has 3 aromatic heterocycles. The lowest BCUT2D eigenvalue weighted by Gasteiger charge is -2.10. The van der Waals surface area contributed by atoms with Gasteiger partial charge < -0.3 is 5.73 Å². The maximum atomic E-state index is 11.2. The molecule has 0 aliphatic carbocycles. The number of nitrogens with zero attached hydrogens (tertiary/aromatic N) is 4. The van der Waals surface area contributed by atoms with Gasteiger partial charge in [-0.05, 0) is 61.1 Å². The standard InChI is InChI=1S/C25H25N5O/c1-2-17-5-3-6-20(28-17)25-24(22-7-4-14-30(22)29-25)19-12-13-27-21-15-16(8-10-18(19)21)9-11-23(26)31/h3,5-6,8,10,12-13,15H,2,4,7,9,11,14H2,1H3,(H2,26,31). The zero-order chi connectivity index (χ0) is 21.4. The molecule has 2 N–H and O–H groups in total. The highest BCUT2D eigenvalue weighted by atomic mass is 16.1. The van der Waals surface area contributed by atoms with E-state index in [0.29, 0.717) is 12.8 Å². The minimum absolute atomic E-state index is 0.288. The molecule has 0 fully saturated rings. The van der Waals surface area contributed by atoms with Crippen molar-refractivity contribution in [2.24, 2.45) is 5.73 Å². The summed E-state index contributed by atoms with van der Waals surface area (Å²) in [4.78, 5) is 20.6. The maximum absolute atomic E-state index is 11.2. The van der Waals surface area contributed by atoms with Crippen LogP contribution in [-0.4, -0.2) is 25.7 Å². The van der Waals surface area contributed by atoms with Gasteiger partial charge in [-0.2, -0.15) is 5.10 Å². The maximum Gasteiger partial charge on any atom is 0.217 e. The van der Waals surface area contributed by atoms with Gasteiger partial charge in [0, 0.05) is 41.5 Å². The molecule has 0 spiro atoms. The number of pyridine rings is 2. The predicted molar refractivity (Wildman–Crippen MR) is 121 cm³/mol. The number of carbonyl (C=O) groups is 1. The SMILES string of the molecule is CCc1cccc(-c2nn3c(c2-c2ccnc4cc(CCC(N)=O)ccc24)CCC3)n1. The number of aryl methyl sites for hydroxylation is 3. The van der Waals surface area contributed by atoms with Gasteiger partial charge in [0.2, 0.25) is 5.91 Å². The van der Waals surface area contributed by atoms with Gasteiger partial charge >= 0.3 is 0 Å². The highest BCUT2D eigenvalue weighted by Gasteiger charge is 2.25. The highest BCUT2D eigenvalue weighted by Crippen LogP contribution is 2.39. The summed E-state index contributed by atoms with van der Waals surface area (Å²) in [5.74, 6) is -0.288. The quantitative estimate of drug-likeness (QED) is 0.518. The topological polar surface area (TPSA) is 86.7 Å². The molecular weight excluding hydrogens is 386 g/mol. The zero-order valence-electron chi connectivity index (χ0n) is 17.6. The minimum atomic E-state index is -0.288. The second kappa shape index (κ2) is 7.95. The van der Waals surface area contributed by atoms with Crippen molar-refractivity contribution in [3.05, 3.63) is 65.6 Å². The van der Waals surface area contributed by atoms with Gasteiger partial charge in [-0.15, -0.1) is 0 Å². The van der Waals surface area contributed by atoms with Gasteiger partial charge in [0.1, 0.15) is 5.69 Å². The lowest BCUT2D eigenvalue weighted by Crippen LogP contribution is -2.11. The third-order valence-corrected chi connectivity index (χ3v) is 5.99. The molecule has 4 aromatic rings. The van der Waals surface area contributed by atoms with Crippen molar-refractivity contribution in [3.8, 4) is 22.5 Å². The van der Waals surface area contributed by atoms with Crippen LogP contribution in [-0.2, 0) is 30.6 Å². The molecule has 0 saturated carbocycles. The van der Waals surface area contributed by atoms with Crippen molar-refractivity contribution >= 4 is 16.8 Å². The number of hydrogen-bond acceptors (Lipinski definition) is 4. The van der Waals surface area contributed by atoms with Crippen molar-refractivity contribution in [1.82, 2.24) is 19.7 Å². The number of fused-ring (bicyclic) bond motifs is 2. The van der Waals surface area contributed by atoms with Crippen molar-refractivity contribution in [1.29, 1.82) is 0 Å². The molecule has 0 bridgehead atoms. The molecular formula is C25H25N5O. The van der Waals surface area contributed by atoms with Crippen LogP contribution in [0.1, 0.15) is 36.7 Å². The average molecular weight is 412 g/mol. The van der Waals surface area contributed by atoms with E-state index < -0.39 is 0 Å². The van der Waals surface area contributed by atoms with E-state index in [1.807, 2.05) is 12.3 Å². The lowest BCUT2D eigenvalue weighted by molar-refractivity contribution is -0.117. The number of nitrogens with two attached hydrogens (primary N) is 1. The Morgan fingerprint density at radius 1 is 1.19 bits per heavy atom. The van der Waals surface area contributed by atoms with Gasteiger partial charge in [-0.25, -0.2) is 0 Å². The monoisotopic (exact) mass is 411 g/mol. The molecule has 5 rings (SSSR count). The molecule has 6 heteroatoms. The Bertz CT molecular complexity index is 1290. The Labute approximate surface area is 181 Å². The van der Waals surface area contributed by atoms with Crippen LogP contribution in [0.25, 0.3) is 33.4 Å². The average Bonchev–Trinajstić information content (AvgIpc) is 3.38. The highest BCUT2D eigenvalue weighted by molar-refractivity contribution is 5.99. The molecule has 0 radical (unpaired) electrons. The molecule has 1 amide bonds.